The summed E-state index contributed by atoms with van der Waals surface area (Å²) in [5, 5.41) is 12.1. The number of furan rings is 1. The maximum atomic E-state index is 12.2. The van der Waals surface area contributed by atoms with Gasteiger partial charge >= 0.3 is 5.97 Å². The number of hydrogen-bond donors (Lipinski definition) is 1. The highest BCUT2D eigenvalue weighted by molar-refractivity contribution is 5.85. The maximum absolute atomic E-state index is 12.2. The van der Waals surface area contributed by atoms with Gasteiger partial charge in [-0.25, -0.2) is 4.98 Å². The second kappa shape index (κ2) is 8.12. The number of fused-ring (bicyclic) bond motifs is 1. The number of rotatable bonds is 5. The minimum Gasteiger partial charge on any atom is -0.466 e. The Balaban J connectivity index is 1.68. The summed E-state index contributed by atoms with van der Waals surface area (Å²) < 4.78 is 10.7. The Hall–Kier alpha value is -2.70. The van der Waals surface area contributed by atoms with Gasteiger partial charge in [-0.2, -0.15) is 0 Å². The first-order valence-corrected chi connectivity index (χ1v) is 9.69. The Labute approximate surface area is 163 Å². The van der Waals surface area contributed by atoms with Crippen LogP contribution < -0.4 is 0 Å². The summed E-state index contributed by atoms with van der Waals surface area (Å²) in [6.07, 6.45) is 2.40. The van der Waals surface area contributed by atoms with Gasteiger partial charge in [-0.3, -0.25) is 9.69 Å². The normalized spacial score (nSPS) is 18.9. The third-order valence-electron chi connectivity index (χ3n) is 5.22. The number of para-hydroxylation sites is 1. The summed E-state index contributed by atoms with van der Waals surface area (Å²) in [6.45, 7) is 3.39. The molecule has 1 aliphatic heterocycles. The summed E-state index contributed by atoms with van der Waals surface area (Å²) in [6, 6.07) is 13.3. The third kappa shape index (κ3) is 3.66. The molecule has 2 aromatic heterocycles. The molecule has 0 bridgehead atoms. The Morgan fingerprint density at radius 2 is 2.21 bits per heavy atom. The summed E-state index contributed by atoms with van der Waals surface area (Å²) in [5.41, 5.74) is 2.24. The average Bonchev–Trinajstić information content (AvgIpc) is 3.28. The smallest absolute Gasteiger partial charge is 0.310 e. The van der Waals surface area contributed by atoms with Gasteiger partial charge in [0, 0.05) is 24.0 Å². The van der Waals surface area contributed by atoms with E-state index in [1.807, 2.05) is 54.3 Å². The first kappa shape index (κ1) is 18.7. The van der Waals surface area contributed by atoms with E-state index in [1.54, 1.807) is 6.26 Å². The molecule has 146 valence electrons. The Kier molecular flexibility index (Phi) is 5.41. The number of carbonyl (C=O) groups is 1. The molecular weight excluding hydrogens is 356 g/mol. The molecule has 28 heavy (non-hydrogen) atoms. The van der Waals surface area contributed by atoms with Gasteiger partial charge in [-0.1, -0.05) is 18.2 Å². The fourth-order valence-corrected chi connectivity index (χ4v) is 3.84. The van der Waals surface area contributed by atoms with Crippen molar-refractivity contribution >= 4 is 16.9 Å². The van der Waals surface area contributed by atoms with E-state index >= 15 is 0 Å². The molecule has 0 saturated carbocycles. The van der Waals surface area contributed by atoms with Crippen LogP contribution in [0.4, 0.5) is 0 Å². The molecule has 1 N–H and O–H groups in total. The van der Waals surface area contributed by atoms with Crippen molar-refractivity contribution in [2.45, 2.75) is 26.0 Å². The number of aliphatic hydroxyl groups is 1. The molecular formula is C22H24N2O4. The molecule has 2 unspecified atom stereocenters. The molecule has 0 aliphatic carbocycles. The largest absolute Gasteiger partial charge is 0.466 e. The van der Waals surface area contributed by atoms with Crippen molar-refractivity contribution in [1.82, 2.24) is 9.88 Å². The van der Waals surface area contributed by atoms with Gasteiger partial charge in [0.05, 0.1) is 24.3 Å². The molecule has 4 rings (SSSR count). The van der Waals surface area contributed by atoms with E-state index in [0.717, 1.165) is 35.9 Å². The second-order valence-corrected chi connectivity index (χ2v) is 7.05. The van der Waals surface area contributed by atoms with Gasteiger partial charge in [-0.05, 0) is 44.0 Å². The van der Waals surface area contributed by atoms with Gasteiger partial charge in [0.2, 0.25) is 0 Å². The number of aliphatic hydroxyl groups excluding tert-OH is 1. The quantitative estimate of drug-likeness (QED) is 0.679. The molecule has 1 saturated heterocycles. The SMILES string of the molecule is CCOC(=O)C1CCCN(C(O)c2cc(-c3ccco3)nc3ccccc23)C1. The van der Waals surface area contributed by atoms with Crippen LogP contribution in [0.2, 0.25) is 0 Å². The number of hydrogen-bond acceptors (Lipinski definition) is 6. The van der Waals surface area contributed by atoms with Crippen molar-refractivity contribution in [3.05, 3.63) is 54.3 Å². The first-order chi connectivity index (χ1) is 13.7. The van der Waals surface area contributed by atoms with E-state index in [2.05, 4.69) is 4.98 Å². The monoisotopic (exact) mass is 380 g/mol. The second-order valence-electron chi connectivity index (χ2n) is 7.05. The van der Waals surface area contributed by atoms with Crippen LogP contribution >= 0.6 is 0 Å². The zero-order valence-electron chi connectivity index (χ0n) is 15.9. The predicted molar refractivity (Wildman–Crippen MR) is 105 cm³/mol. The number of ether oxygens (including phenoxy) is 1. The lowest BCUT2D eigenvalue weighted by Gasteiger charge is -2.35. The van der Waals surface area contributed by atoms with Gasteiger partial charge in [-0.15, -0.1) is 0 Å². The predicted octanol–water partition coefficient (Wildman–Crippen LogP) is 3.76. The minimum atomic E-state index is -0.834. The topological polar surface area (TPSA) is 75.8 Å². The minimum absolute atomic E-state index is 0.185. The van der Waals surface area contributed by atoms with Crippen LogP contribution in [0.25, 0.3) is 22.4 Å². The molecule has 3 aromatic rings. The van der Waals surface area contributed by atoms with Crippen molar-refractivity contribution in [3.8, 4) is 11.5 Å². The Morgan fingerprint density at radius 1 is 1.36 bits per heavy atom. The number of benzene rings is 1. The van der Waals surface area contributed by atoms with E-state index in [0.29, 0.717) is 24.6 Å². The van der Waals surface area contributed by atoms with E-state index < -0.39 is 6.23 Å². The van der Waals surface area contributed by atoms with E-state index in [9.17, 15) is 9.90 Å². The standard InChI is InChI=1S/C22H24N2O4/c1-2-27-22(26)15-7-5-11-24(14-15)21(25)17-13-19(20-10-6-12-28-20)23-18-9-4-3-8-16(17)18/h3-4,6,8-10,12-13,15,21,25H,2,5,7,11,14H2,1H3. The number of pyridine rings is 1. The number of esters is 1. The van der Waals surface area contributed by atoms with E-state index in [-0.39, 0.29) is 11.9 Å². The van der Waals surface area contributed by atoms with Crippen LogP contribution in [0, 0.1) is 5.92 Å². The molecule has 6 heteroatoms. The lowest BCUT2D eigenvalue weighted by molar-refractivity contribution is -0.151. The lowest BCUT2D eigenvalue weighted by atomic mass is 9.96. The van der Waals surface area contributed by atoms with Crippen molar-refractivity contribution in [2.75, 3.05) is 19.7 Å². The molecule has 6 nitrogen and oxygen atoms in total. The number of likely N-dealkylation sites (tertiary alicyclic amines) is 1. The van der Waals surface area contributed by atoms with Crippen LogP contribution in [0.3, 0.4) is 0 Å². The van der Waals surface area contributed by atoms with Crippen LogP contribution in [0.1, 0.15) is 31.6 Å². The molecule has 0 amide bonds. The molecule has 1 fully saturated rings. The maximum Gasteiger partial charge on any atom is 0.310 e. The van der Waals surface area contributed by atoms with E-state index in [1.165, 1.54) is 0 Å². The molecule has 1 aliphatic rings. The number of carbonyl (C=O) groups excluding carboxylic acids is 1. The average molecular weight is 380 g/mol. The molecule has 3 heterocycles. The fraction of sp³-hybridized carbons (Fsp3) is 0.364. The van der Waals surface area contributed by atoms with Crippen molar-refractivity contribution in [2.24, 2.45) is 5.92 Å². The van der Waals surface area contributed by atoms with Gasteiger partial charge in [0.25, 0.3) is 0 Å². The van der Waals surface area contributed by atoms with E-state index in [4.69, 9.17) is 9.15 Å². The van der Waals surface area contributed by atoms with Crippen LogP contribution in [-0.4, -0.2) is 40.7 Å². The first-order valence-electron chi connectivity index (χ1n) is 9.69. The Bertz CT molecular complexity index is 954. The molecule has 2 atom stereocenters. The van der Waals surface area contributed by atoms with Crippen molar-refractivity contribution in [3.63, 3.8) is 0 Å². The summed E-state index contributed by atoms with van der Waals surface area (Å²) in [5.74, 6) is 0.263. The summed E-state index contributed by atoms with van der Waals surface area (Å²) in [4.78, 5) is 18.8. The number of aromatic nitrogens is 1. The van der Waals surface area contributed by atoms with Gasteiger partial charge in [0.1, 0.15) is 11.9 Å². The highest BCUT2D eigenvalue weighted by Gasteiger charge is 2.31. The number of piperidine rings is 1. The van der Waals surface area contributed by atoms with Crippen LogP contribution in [0.5, 0.6) is 0 Å². The van der Waals surface area contributed by atoms with Crippen molar-refractivity contribution < 1.29 is 19.1 Å². The molecule has 0 spiro atoms. The van der Waals surface area contributed by atoms with Gasteiger partial charge < -0.3 is 14.3 Å². The summed E-state index contributed by atoms with van der Waals surface area (Å²) in [7, 11) is 0. The number of nitrogens with zero attached hydrogens (tertiary/aromatic N) is 2. The zero-order valence-corrected chi connectivity index (χ0v) is 15.9. The summed E-state index contributed by atoms with van der Waals surface area (Å²) >= 11 is 0. The third-order valence-corrected chi connectivity index (χ3v) is 5.22. The highest BCUT2D eigenvalue weighted by atomic mass is 16.5. The highest BCUT2D eigenvalue weighted by Crippen LogP contribution is 2.32. The van der Waals surface area contributed by atoms with Crippen LogP contribution in [-0.2, 0) is 9.53 Å². The van der Waals surface area contributed by atoms with Gasteiger partial charge in [0.15, 0.2) is 5.76 Å². The van der Waals surface area contributed by atoms with Crippen LogP contribution in [0.15, 0.2) is 53.1 Å². The zero-order chi connectivity index (χ0) is 19.5. The molecule has 1 aromatic carbocycles. The molecule has 0 radical (unpaired) electrons. The lowest BCUT2D eigenvalue weighted by Crippen LogP contribution is -2.41. The Morgan fingerprint density at radius 3 is 3.00 bits per heavy atom. The fourth-order valence-electron chi connectivity index (χ4n) is 3.84. The van der Waals surface area contributed by atoms with Crippen molar-refractivity contribution in [1.29, 1.82) is 0 Å².